The fourth-order valence-electron chi connectivity index (χ4n) is 1.67. The molecule has 1 atom stereocenters. The predicted molar refractivity (Wildman–Crippen MR) is 78.2 cm³/mol. The Morgan fingerprint density at radius 3 is 2.68 bits per heavy atom. The van der Waals surface area contributed by atoms with Gasteiger partial charge < -0.3 is 10.5 Å². The number of nitrogens with two attached hydrogens (primary N) is 1. The number of nitrogens with zero attached hydrogens (tertiary/aromatic N) is 1. The van der Waals surface area contributed by atoms with E-state index in [-0.39, 0.29) is 11.5 Å². The third-order valence-electron chi connectivity index (χ3n) is 2.99. The van der Waals surface area contributed by atoms with E-state index in [4.69, 9.17) is 27.3 Å². The van der Waals surface area contributed by atoms with Crippen molar-refractivity contribution < 1.29 is 4.74 Å². The number of rotatable bonds is 6. The number of ether oxygens (including phenoxy) is 1. The summed E-state index contributed by atoms with van der Waals surface area (Å²) in [6.07, 6.45) is 1.63. The lowest BCUT2D eigenvalue weighted by Gasteiger charge is -2.15. The molecule has 0 saturated heterocycles. The largest absolute Gasteiger partial charge is 0.492 e. The van der Waals surface area contributed by atoms with Crippen LogP contribution >= 0.6 is 11.6 Å². The van der Waals surface area contributed by atoms with E-state index in [2.05, 4.69) is 6.07 Å². The molecule has 0 heterocycles. The molecule has 0 fully saturated rings. The van der Waals surface area contributed by atoms with Crippen LogP contribution in [0.3, 0.4) is 0 Å². The Balaban J connectivity index is 2.49. The zero-order valence-electron chi connectivity index (χ0n) is 11.7. The van der Waals surface area contributed by atoms with Gasteiger partial charge in [0.25, 0.3) is 0 Å². The molecule has 19 heavy (non-hydrogen) atoms. The smallest absolute Gasteiger partial charge is 0.137 e. The second kappa shape index (κ2) is 6.79. The summed E-state index contributed by atoms with van der Waals surface area (Å²) in [5.74, 6) is 0.667. The minimum atomic E-state index is -0.300. The average Bonchev–Trinajstić information content (AvgIpc) is 2.36. The van der Waals surface area contributed by atoms with Crippen LogP contribution in [0.1, 0.15) is 45.2 Å². The minimum Gasteiger partial charge on any atom is -0.492 e. The lowest BCUT2D eigenvalue weighted by atomic mass is 9.90. The van der Waals surface area contributed by atoms with Gasteiger partial charge in [0.05, 0.1) is 23.1 Å². The molecule has 4 heteroatoms. The summed E-state index contributed by atoms with van der Waals surface area (Å²) in [7, 11) is 0. The topological polar surface area (TPSA) is 59.0 Å². The maximum absolute atomic E-state index is 8.91. The maximum Gasteiger partial charge on any atom is 0.137 e. The fourth-order valence-corrected chi connectivity index (χ4v) is 1.91. The molecule has 0 aromatic heterocycles. The normalized spacial score (nSPS) is 12.8. The summed E-state index contributed by atoms with van der Waals surface area (Å²) in [5, 5.41) is 9.49. The molecule has 2 N–H and O–H groups in total. The molecule has 0 aliphatic carbocycles. The van der Waals surface area contributed by atoms with E-state index >= 15 is 0 Å². The first-order valence-electron chi connectivity index (χ1n) is 6.45. The van der Waals surface area contributed by atoms with E-state index in [1.807, 2.05) is 39.0 Å². The van der Waals surface area contributed by atoms with Crippen molar-refractivity contribution in [3.63, 3.8) is 0 Å². The van der Waals surface area contributed by atoms with Gasteiger partial charge in [-0.2, -0.15) is 5.26 Å². The highest BCUT2D eigenvalue weighted by atomic mass is 35.5. The second-order valence-corrected chi connectivity index (χ2v) is 5.83. The van der Waals surface area contributed by atoms with Crippen molar-refractivity contribution in [3.05, 3.63) is 28.8 Å². The molecule has 1 aromatic rings. The third-order valence-corrected chi connectivity index (χ3v) is 3.28. The molecule has 104 valence electrons. The zero-order valence-corrected chi connectivity index (χ0v) is 12.5. The SMILES string of the molecule is C[C@@H](N)c1ccc(OCCCC(C)(C)C#N)c(Cl)c1. The van der Waals surface area contributed by atoms with Gasteiger partial charge in [-0.3, -0.25) is 0 Å². The Hall–Kier alpha value is -1.24. The molecule has 1 aromatic carbocycles. The maximum atomic E-state index is 8.91. The van der Waals surface area contributed by atoms with Gasteiger partial charge in [-0.1, -0.05) is 17.7 Å². The van der Waals surface area contributed by atoms with Gasteiger partial charge in [0.15, 0.2) is 0 Å². The Morgan fingerprint density at radius 1 is 1.47 bits per heavy atom. The molecule has 0 aliphatic rings. The van der Waals surface area contributed by atoms with E-state index in [1.54, 1.807) is 0 Å². The average molecular weight is 281 g/mol. The van der Waals surface area contributed by atoms with Crippen LogP contribution in [0.4, 0.5) is 0 Å². The monoisotopic (exact) mass is 280 g/mol. The van der Waals surface area contributed by atoms with Crippen LogP contribution in [0.2, 0.25) is 5.02 Å². The van der Waals surface area contributed by atoms with Gasteiger partial charge in [-0.15, -0.1) is 0 Å². The minimum absolute atomic E-state index is 0.0389. The highest BCUT2D eigenvalue weighted by molar-refractivity contribution is 6.32. The predicted octanol–water partition coefficient (Wildman–Crippen LogP) is 4.07. The molecule has 1 rings (SSSR count). The van der Waals surface area contributed by atoms with E-state index in [1.165, 1.54) is 0 Å². The van der Waals surface area contributed by atoms with Crippen molar-refractivity contribution in [2.45, 2.75) is 39.7 Å². The quantitative estimate of drug-likeness (QED) is 0.799. The molecule has 0 amide bonds. The number of hydrogen-bond acceptors (Lipinski definition) is 3. The van der Waals surface area contributed by atoms with E-state index in [0.29, 0.717) is 17.4 Å². The Kier molecular flexibility index (Phi) is 5.65. The Bertz CT molecular complexity index is 464. The highest BCUT2D eigenvalue weighted by Gasteiger charge is 2.15. The number of nitriles is 1. The second-order valence-electron chi connectivity index (χ2n) is 5.43. The van der Waals surface area contributed by atoms with Crippen molar-refractivity contribution in [3.8, 4) is 11.8 Å². The van der Waals surface area contributed by atoms with Gasteiger partial charge in [0, 0.05) is 6.04 Å². The van der Waals surface area contributed by atoms with Gasteiger partial charge >= 0.3 is 0 Å². The van der Waals surface area contributed by atoms with E-state index in [0.717, 1.165) is 18.4 Å². The fraction of sp³-hybridized carbons (Fsp3) is 0.533. The molecule has 0 unspecified atom stereocenters. The molecular weight excluding hydrogens is 260 g/mol. The molecule has 0 bridgehead atoms. The van der Waals surface area contributed by atoms with Crippen LogP contribution in [0.5, 0.6) is 5.75 Å². The van der Waals surface area contributed by atoms with Crippen LogP contribution < -0.4 is 10.5 Å². The standard InChI is InChI=1S/C15H21ClN2O/c1-11(18)12-5-6-14(13(16)9-12)19-8-4-7-15(2,3)10-17/h5-6,9,11H,4,7-8,18H2,1-3H3/t11-/m1/s1. The molecule has 0 spiro atoms. The molecular formula is C15H21ClN2O. The van der Waals surface area contributed by atoms with Gasteiger partial charge in [0.1, 0.15) is 5.75 Å². The summed E-state index contributed by atoms with van der Waals surface area (Å²) in [6, 6.07) is 7.84. The van der Waals surface area contributed by atoms with Gasteiger partial charge in [-0.25, -0.2) is 0 Å². The highest BCUT2D eigenvalue weighted by Crippen LogP contribution is 2.28. The molecule has 0 radical (unpaired) electrons. The van der Waals surface area contributed by atoms with Gasteiger partial charge in [-0.05, 0) is 51.3 Å². The van der Waals surface area contributed by atoms with Crippen LogP contribution in [0.25, 0.3) is 0 Å². The number of halogens is 1. The van der Waals surface area contributed by atoms with Crippen molar-refractivity contribution in [1.82, 2.24) is 0 Å². The summed E-state index contributed by atoms with van der Waals surface area (Å²) in [4.78, 5) is 0. The Morgan fingerprint density at radius 2 is 2.16 bits per heavy atom. The molecule has 0 saturated carbocycles. The number of benzene rings is 1. The molecule has 0 aliphatic heterocycles. The van der Waals surface area contributed by atoms with Crippen molar-refractivity contribution >= 4 is 11.6 Å². The lowest BCUT2D eigenvalue weighted by molar-refractivity contribution is 0.284. The van der Waals surface area contributed by atoms with Crippen molar-refractivity contribution in [2.75, 3.05) is 6.61 Å². The first-order valence-corrected chi connectivity index (χ1v) is 6.82. The Labute approximate surface area is 120 Å². The van der Waals surface area contributed by atoms with E-state index < -0.39 is 0 Å². The van der Waals surface area contributed by atoms with Crippen molar-refractivity contribution in [2.24, 2.45) is 11.1 Å². The van der Waals surface area contributed by atoms with Crippen LogP contribution in [-0.4, -0.2) is 6.61 Å². The summed E-state index contributed by atoms with van der Waals surface area (Å²) in [6.45, 7) is 6.33. The third kappa shape index (κ3) is 5.10. The summed E-state index contributed by atoms with van der Waals surface area (Å²) in [5.41, 5.74) is 6.48. The van der Waals surface area contributed by atoms with E-state index in [9.17, 15) is 0 Å². The van der Waals surface area contributed by atoms with Crippen LogP contribution in [0.15, 0.2) is 18.2 Å². The summed E-state index contributed by atoms with van der Waals surface area (Å²) < 4.78 is 5.63. The van der Waals surface area contributed by atoms with Crippen LogP contribution in [0, 0.1) is 16.7 Å². The van der Waals surface area contributed by atoms with Crippen LogP contribution in [-0.2, 0) is 0 Å². The summed E-state index contributed by atoms with van der Waals surface area (Å²) >= 11 is 6.14. The van der Waals surface area contributed by atoms with Crippen molar-refractivity contribution in [1.29, 1.82) is 5.26 Å². The first kappa shape index (κ1) is 15.8. The van der Waals surface area contributed by atoms with Gasteiger partial charge in [0.2, 0.25) is 0 Å². The zero-order chi connectivity index (χ0) is 14.5. The lowest BCUT2D eigenvalue weighted by Crippen LogP contribution is -2.10. The first-order chi connectivity index (χ1) is 8.85. The molecule has 3 nitrogen and oxygen atoms in total. The number of hydrogen-bond donors (Lipinski definition) is 1.